The van der Waals surface area contributed by atoms with Crippen molar-refractivity contribution in [3.8, 4) is 0 Å². The quantitative estimate of drug-likeness (QED) is 0.579. The zero-order chi connectivity index (χ0) is 14.8. The number of nitrogens with two attached hydrogens (primary N) is 1. The Balaban J connectivity index is 2.39. The first-order valence-electron chi connectivity index (χ1n) is 6.23. The van der Waals surface area contributed by atoms with E-state index >= 15 is 0 Å². The fourth-order valence-corrected chi connectivity index (χ4v) is 3.60. The Bertz CT molecular complexity index is 736. The lowest BCUT2D eigenvalue weighted by Gasteiger charge is -2.14. The first kappa shape index (κ1) is 14.5. The molecule has 5 nitrogen and oxygen atoms in total. The third kappa shape index (κ3) is 3.15. The van der Waals surface area contributed by atoms with E-state index in [-0.39, 0.29) is 17.2 Å². The molecule has 2 rings (SSSR count). The van der Waals surface area contributed by atoms with Gasteiger partial charge in [0.1, 0.15) is 0 Å². The lowest BCUT2D eigenvalue weighted by molar-refractivity contribution is 0.565. The largest absolute Gasteiger partial charge is 0.388 e. The standard InChI is InChI=1S/C14H17N3O2S/c1-10(9-14(15)16)17-20(18,19)13-8-4-6-11-5-2-3-7-12(11)13/h2-8,10,17H,9H2,1H3,(H3,15,16). The average molecular weight is 291 g/mol. The molecule has 4 N–H and O–H groups in total. The summed E-state index contributed by atoms with van der Waals surface area (Å²) >= 11 is 0. The van der Waals surface area contributed by atoms with Crippen molar-refractivity contribution in [3.63, 3.8) is 0 Å². The molecule has 20 heavy (non-hydrogen) atoms. The minimum Gasteiger partial charge on any atom is -0.388 e. The Morgan fingerprint density at radius 2 is 1.90 bits per heavy atom. The van der Waals surface area contributed by atoms with Crippen molar-refractivity contribution in [1.82, 2.24) is 4.72 Å². The zero-order valence-electron chi connectivity index (χ0n) is 11.1. The number of rotatable bonds is 5. The predicted molar refractivity (Wildman–Crippen MR) is 80.3 cm³/mol. The van der Waals surface area contributed by atoms with Gasteiger partial charge in [-0.1, -0.05) is 36.4 Å². The van der Waals surface area contributed by atoms with Crippen LogP contribution in [-0.4, -0.2) is 20.3 Å². The van der Waals surface area contributed by atoms with Crippen LogP contribution in [0.3, 0.4) is 0 Å². The second kappa shape index (κ2) is 5.60. The number of hydrogen-bond acceptors (Lipinski definition) is 3. The molecule has 0 aliphatic heterocycles. The summed E-state index contributed by atoms with van der Waals surface area (Å²) in [4.78, 5) is 0.242. The van der Waals surface area contributed by atoms with Crippen LogP contribution in [0.15, 0.2) is 47.4 Å². The van der Waals surface area contributed by atoms with E-state index in [1.54, 1.807) is 31.2 Å². The monoisotopic (exact) mass is 291 g/mol. The Morgan fingerprint density at radius 3 is 2.60 bits per heavy atom. The maximum Gasteiger partial charge on any atom is 0.241 e. The number of sulfonamides is 1. The predicted octanol–water partition coefficient (Wildman–Crippen LogP) is 1.83. The van der Waals surface area contributed by atoms with Crippen LogP contribution in [0.2, 0.25) is 0 Å². The third-order valence-corrected chi connectivity index (χ3v) is 4.57. The van der Waals surface area contributed by atoms with E-state index in [4.69, 9.17) is 11.1 Å². The molecular weight excluding hydrogens is 274 g/mol. The van der Waals surface area contributed by atoms with E-state index in [0.717, 1.165) is 5.39 Å². The van der Waals surface area contributed by atoms with E-state index in [1.165, 1.54) is 0 Å². The fourth-order valence-electron chi connectivity index (χ4n) is 2.13. The maximum atomic E-state index is 12.4. The van der Waals surface area contributed by atoms with Gasteiger partial charge < -0.3 is 5.73 Å². The van der Waals surface area contributed by atoms with Gasteiger partial charge in [0.2, 0.25) is 10.0 Å². The maximum absolute atomic E-state index is 12.4. The molecule has 0 amide bonds. The van der Waals surface area contributed by atoms with Crippen LogP contribution < -0.4 is 10.5 Å². The van der Waals surface area contributed by atoms with Crippen molar-refractivity contribution in [2.75, 3.05) is 0 Å². The van der Waals surface area contributed by atoms with E-state index in [1.807, 2.05) is 18.2 Å². The molecular formula is C14H17N3O2S. The van der Waals surface area contributed by atoms with Crippen LogP contribution in [0, 0.1) is 5.41 Å². The van der Waals surface area contributed by atoms with Crippen LogP contribution in [0.4, 0.5) is 0 Å². The molecule has 1 unspecified atom stereocenters. The molecule has 0 aromatic heterocycles. The summed E-state index contributed by atoms with van der Waals surface area (Å²) in [6, 6.07) is 12.1. The topological polar surface area (TPSA) is 96.0 Å². The van der Waals surface area contributed by atoms with Crippen molar-refractivity contribution in [1.29, 1.82) is 5.41 Å². The molecule has 0 saturated carbocycles. The van der Waals surface area contributed by atoms with Crippen LogP contribution in [0.5, 0.6) is 0 Å². The number of hydrogen-bond donors (Lipinski definition) is 3. The van der Waals surface area contributed by atoms with Crippen LogP contribution in [0.25, 0.3) is 10.8 Å². The Morgan fingerprint density at radius 1 is 1.25 bits per heavy atom. The lowest BCUT2D eigenvalue weighted by atomic mass is 10.1. The van der Waals surface area contributed by atoms with E-state index < -0.39 is 16.1 Å². The molecule has 0 heterocycles. The highest BCUT2D eigenvalue weighted by Gasteiger charge is 2.19. The second-order valence-corrected chi connectivity index (χ2v) is 6.41. The minimum absolute atomic E-state index is 0.0434. The van der Waals surface area contributed by atoms with Gasteiger partial charge in [-0.2, -0.15) is 0 Å². The van der Waals surface area contributed by atoms with Gasteiger partial charge in [-0.15, -0.1) is 0 Å². The summed E-state index contributed by atoms with van der Waals surface area (Å²) in [6.45, 7) is 1.68. The second-order valence-electron chi connectivity index (χ2n) is 4.73. The molecule has 2 aromatic rings. The molecule has 0 aliphatic rings. The summed E-state index contributed by atoms with van der Waals surface area (Å²) in [7, 11) is -3.63. The molecule has 0 bridgehead atoms. The number of benzene rings is 2. The first-order chi connectivity index (χ1) is 9.40. The molecule has 2 aromatic carbocycles. The molecule has 0 saturated heterocycles. The molecule has 0 spiro atoms. The van der Waals surface area contributed by atoms with Crippen LogP contribution in [0.1, 0.15) is 13.3 Å². The molecule has 106 valence electrons. The smallest absolute Gasteiger partial charge is 0.241 e. The minimum atomic E-state index is -3.63. The van der Waals surface area contributed by atoms with Gasteiger partial charge >= 0.3 is 0 Å². The van der Waals surface area contributed by atoms with Gasteiger partial charge in [0.25, 0.3) is 0 Å². The van der Waals surface area contributed by atoms with Crippen LogP contribution >= 0.6 is 0 Å². The molecule has 1 atom stereocenters. The van der Waals surface area contributed by atoms with Gasteiger partial charge in [0.05, 0.1) is 10.7 Å². The highest BCUT2D eigenvalue weighted by atomic mass is 32.2. The van der Waals surface area contributed by atoms with Crippen molar-refractivity contribution in [2.45, 2.75) is 24.3 Å². The highest BCUT2D eigenvalue weighted by molar-refractivity contribution is 7.89. The van der Waals surface area contributed by atoms with Crippen molar-refractivity contribution < 1.29 is 8.42 Å². The lowest BCUT2D eigenvalue weighted by Crippen LogP contribution is -2.35. The summed E-state index contributed by atoms with van der Waals surface area (Å²) in [5.74, 6) is -0.0434. The Labute approximate surface area is 118 Å². The Hall–Kier alpha value is -1.92. The number of fused-ring (bicyclic) bond motifs is 1. The molecule has 6 heteroatoms. The van der Waals surface area contributed by atoms with Crippen molar-refractivity contribution in [3.05, 3.63) is 42.5 Å². The van der Waals surface area contributed by atoms with Gasteiger partial charge in [-0.3, -0.25) is 5.41 Å². The fraction of sp³-hybridized carbons (Fsp3) is 0.214. The summed E-state index contributed by atoms with van der Waals surface area (Å²) < 4.78 is 27.4. The van der Waals surface area contributed by atoms with E-state index in [9.17, 15) is 8.42 Å². The van der Waals surface area contributed by atoms with Gasteiger partial charge in [0.15, 0.2) is 0 Å². The van der Waals surface area contributed by atoms with Gasteiger partial charge in [-0.05, 0) is 18.4 Å². The van der Waals surface area contributed by atoms with Gasteiger partial charge in [0, 0.05) is 17.8 Å². The highest BCUT2D eigenvalue weighted by Crippen LogP contribution is 2.22. The van der Waals surface area contributed by atoms with Crippen molar-refractivity contribution in [2.24, 2.45) is 5.73 Å². The number of amidine groups is 1. The summed E-state index contributed by atoms with van der Waals surface area (Å²) in [6.07, 6.45) is 0.185. The first-order valence-corrected chi connectivity index (χ1v) is 7.71. The SMILES string of the molecule is CC(CC(=N)N)NS(=O)(=O)c1cccc2ccccc12. The molecule has 0 fully saturated rings. The van der Waals surface area contributed by atoms with Crippen molar-refractivity contribution >= 4 is 26.6 Å². The van der Waals surface area contributed by atoms with Gasteiger partial charge in [-0.25, -0.2) is 13.1 Å². The Kier molecular flexibility index (Phi) is 4.06. The summed E-state index contributed by atoms with van der Waals surface area (Å²) in [5, 5.41) is 8.76. The van der Waals surface area contributed by atoms with E-state index in [0.29, 0.717) is 5.39 Å². The normalized spacial score (nSPS) is 13.2. The molecule has 0 aliphatic carbocycles. The summed E-state index contributed by atoms with van der Waals surface area (Å²) in [5.41, 5.74) is 5.29. The molecule has 0 radical (unpaired) electrons. The zero-order valence-corrected chi connectivity index (χ0v) is 11.9. The third-order valence-electron chi connectivity index (χ3n) is 2.92. The van der Waals surface area contributed by atoms with E-state index in [2.05, 4.69) is 4.72 Å². The van der Waals surface area contributed by atoms with Crippen LogP contribution in [-0.2, 0) is 10.0 Å². The average Bonchev–Trinajstić information content (AvgIpc) is 2.36. The number of nitrogens with one attached hydrogen (secondary N) is 2.